The van der Waals surface area contributed by atoms with Crippen molar-refractivity contribution in [3.8, 4) is 17.6 Å². The first-order valence-corrected chi connectivity index (χ1v) is 6.43. The summed E-state index contributed by atoms with van der Waals surface area (Å²) in [6.07, 6.45) is 0. The highest BCUT2D eigenvalue weighted by Gasteiger charge is 2.04. The van der Waals surface area contributed by atoms with Gasteiger partial charge >= 0.3 is 0 Å². The Morgan fingerprint density at radius 2 is 2.00 bits per heavy atom. The molecule has 0 aliphatic carbocycles. The van der Waals surface area contributed by atoms with E-state index >= 15 is 0 Å². The van der Waals surface area contributed by atoms with Gasteiger partial charge in [-0.05, 0) is 29.8 Å². The molecule has 0 heterocycles. The van der Waals surface area contributed by atoms with Crippen LogP contribution in [0.4, 0.5) is 4.39 Å². The molecule has 0 saturated heterocycles. The predicted molar refractivity (Wildman–Crippen MR) is 78.1 cm³/mol. The lowest BCUT2D eigenvalue weighted by atomic mass is 10.2. The first kappa shape index (κ1) is 14.4. The Bertz CT molecular complexity index is 661. The zero-order valence-electron chi connectivity index (χ0n) is 10.7. The predicted octanol–water partition coefficient (Wildman–Crippen LogP) is 3.37. The van der Waals surface area contributed by atoms with E-state index in [4.69, 9.17) is 22.1 Å². The summed E-state index contributed by atoms with van der Waals surface area (Å²) in [7, 11) is 0. The van der Waals surface area contributed by atoms with Gasteiger partial charge in [0.15, 0.2) is 0 Å². The zero-order valence-corrected chi connectivity index (χ0v) is 11.5. The lowest BCUT2D eigenvalue weighted by molar-refractivity contribution is 0.305. The maximum atomic E-state index is 13.3. The molecular weight excluding hydrogens is 277 g/mol. The molecule has 0 saturated carbocycles. The maximum absolute atomic E-state index is 13.3. The smallest absolute Gasteiger partial charge is 0.142 e. The molecule has 0 radical (unpaired) electrons. The minimum Gasteiger partial charge on any atom is -0.488 e. The highest BCUT2D eigenvalue weighted by Crippen LogP contribution is 2.20. The molecule has 0 bridgehead atoms. The molecule has 0 aliphatic heterocycles. The van der Waals surface area contributed by atoms with Crippen LogP contribution in [0.5, 0.6) is 5.75 Å². The van der Waals surface area contributed by atoms with Crippen LogP contribution in [-0.4, -0.2) is 6.54 Å². The van der Waals surface area contributed by atoms with E-state index in [1.807, 2.05) is 24.3 Å². The monoisotopic (exact) mass is 289 g/mol. The van der Waals surface area contributed by atoms with Crippen LogP contribution in [0.25, 0.3) is 0 Å². The minimum atomic E-state index is -0.455. The van der Waals surface area contributed by atoms with Gasteiger partial charge in [0.25, 0.3) is 0 Å². The normalized spacial score (nSPS) is 9.75. The van der Waals surface area contributed by atoms with Crippen molar-refractivity contribution in [2.24, 2.45) is 5.73 Å². The number of para-hydroxylation sites is 1. The van der Waals surface area contributed by atoms with Gasteiger partial charge in [0.2, 0.25) is 0 Å². The molecule has 2 aromatic rings. The van der Waals surface area contributed by atoms with Crippen molar-refractivity contribution in [1.29, 1.82) is 0 Å². The molecule has 0 unspecified atom stereocenters. The van der Waals surface area contributed by atoms with E-state index in [9.17, 15) is 4.39 Å². The summed E-state index contributed by atoms with van der Waals surface area (Å²) in [4.78, 5) is 0. The summed E-state index contributed by atoms with van der Waals surface area (Å²) in [6.45, 7) is 0.534. The summed E-state index contributed by atoms with van der Waals surface area (Å²) >= 11 is 5.63. The van der Waals surface area contributed by atoms with Gasteiger partial charge in [-0.1, -0.05) is 41.6 Å². The van der Waals surface area contributed by atoms with Crippen molar-refractivity contribution in [2.75, 3.05) is 6.54 Å². The Hall–Kier alpha value is -2.02. The van der Waals surface area contributed by atoms with Gasteiger partial charge in [0, 0.05) is 0 Å². The number of rotatable bonds is 3. The summed E-state index contributed by atoms with van der Waals surface area (Å²) in [5, 5.41) is 0.1000. The van der Waals surface area contributed by atoms with Crippen LogP contribution in [0.3, 0.4) is 0 Å². The van der Waals surface area contributed by atoms with E-state index in [1.165, 1.54) is 12.1 Å². The van der Waals surface area contributed by atoms with Gasteiger partial charge in [-0.15, -0.1) is 0 Å². The molecule has 102 valence electrons. The lowest BCUT2D eigenvalue weighted by Gasteiger charge is -2.08. The molecule has 0 atom stereocenters. The second-order valence-corrected chi connectivity index (χ2v) is 4.45. The van der Waals surface area contributed by atoms with Crippen molar-refractivity contribution < 1.29 is 9.13 Å². The van der Waals surface area contributed by atoms with Crippen LogP contribution < -0.4 is 10.5 Å². The van der Waals surface area contributed by atoms with Gasteiger partial charge in [-0.2, -0.15) is 0 Å². The fraction of sp³-hybridized carbons (Fsp3) is 0.125. The first-order valence-electron chi connectivity index (χ1n) is 6.05. The number of benzene rings is 2. The summed E-state index contributed by atoms with van der Waals surface area (Å²) in [6, 6.07) is 12.0. The van der Waals surface area contributed by atoms with E-state index in [0.717, 1.165) is 5.56 Å². The molecule has 0 aliphatic rings. The number of nitrogens with two attached hydrogens (primary N) is 1. The van der Waals surface area contributed by atoms with Crippen molar-refractivity contribution in [3.63, 3.8) is 0 Å². The molecule has 2 rings (SSSR count). The third-order valence-electron chi connectivity index (χ3n) is 2.59. The van der Waals surface area contributed by atoms with Gasteiger partial charge in [0.05, 0.1) is 17.1 Å². The second kappa shape index (κ2) is 6.95. The fourth-order valence-corrected chi connectivity index (χ4v) is 1.75. The quantitative estimate of drug-likeness (QED) is 0.879. The van der Waals surface area contributed by atoms with Crippen LogP contribution in [0, 0.1) is 17.7 Å². The Kier molecular flexibility index (Phi) is 5.00. The van der Waals surface area contributed by atoms with E-state index in [0.29, 0.717) is 11.3 Å². The Labute approximate surface area is 122 Å². The molecule has 0 spiro atoms. The van der Waals surface area contributed by atoms with E-state index < -0.39 is 5.82 Å². The first-order chi connectivity index (χ1) is 9.70. The van der Waals surface area contributed by atoms with Gasteiger partial charge in [0.1, 0.15) is 18.2 Å². The van der Waals surface area contributed by atoms with E-state index in [2.05, 4.69) is 11.8 Å². The van der Waals surface area contributed by atoms with Crippen molar-refractivity contribution in [2.45, 2.75) is 6.61 Å². The number of hydrogen-bond acceptors (Lipinski definition) is 2. The molecule has 2 N–H and O–H groups in total. The second-order valence-electron chi connectivity index (χ2n) is 4.04. The van der Waals surface area contributed by atoms with Crippen molar-refractivity contribution >= 4 is 11.6 Å². The Balaban J connectivity index is 2.12. The SMILES string of the molecule is NCC#Cc1ccccc1OCc1ccc(Cl)c(F)c1. The molecule has 2 aromatic carbocycles. The highest BCUT2D eigenvalue weighted by molar-refractivity contribution is 6.30. The molecule has 20 heavy (non-hydrogen) atoms. The topological polar surface area (TPSA) is 35.2 Å². The van der Waals surface area contributed by atoms with Crippen LogP contribution in [-0.2, 0) is 6.61 Å². The average Bonchev–Trinajstić information content (AvgIpc) is 2.47. The molecule has 2 nitrogen and oxygen atoms in total. The van der Waals surface area contributed by atoms with Crippen LogP contribution >= 0.6 is 11.6 Å². The minimum absolute atomic E-state index is 0.1000. The molecular formula is C16H13ClFNO. The summed E-state index contributed by atoms with van der Waals surface area (Å²) in [5.41, 5.74) is 6.81. The molecule has 0 aromatic heterocycles. The van der Waals surface area contributed by atoms with Gasteiger partial charge < -0.3 is 10.5 Å². The highest BCUT2D eigenvalue weighted by atomic mass is 35.5. The van der Waals surface area contributed by atoms with E-state index in [-0.39, 0.29) is 18.2 Å². The largest absolute Gasteiger partial charge is 0.488 e. The van der Waals surface area contributed by atoms with Crippen LogP contribution in [0.1, 0.15) is 11.1 Å². The summed E-state index contributed by atoms with van der Waals surface area (Å²) < 4.78 is 19.0. The maximum Gasteiger partial charge on any atom is 0.142 e. The molecule has 0 amide bonds. The fourth-order valence-electron chi connectivity index (χ4n) is 1.63. The molecule has 0 fully saturated rings. The number of ether oxygens (including phenoxy) is 1. The standard InChI is InChI=1S/C16H13ClFNO/c17-14-8-7-12(10-15(14)18)11-20-16-6-2-1-4-13(16)5-3-9-19/h1-2,4,6-8,10H,9,11,19H2. The van der Waals surface area contributed by atoms with Gasteiger partial charge in [-0.3, -0.25) is 0 Å². The Morgan fingerprint density at radius 3 is 2.75 bits per heavy atom. The van der Waals surface area contributed by atoms with Crippen molar-refractivity contribution in [1.82, 2.24) is 0 Å². The van der Waals surface area contributed by atoms with Crippen LogP contribution in [0.2, 0.25) is 5.02 Å². The Morgan fingerprint density at radius 1 is 1.20 bits per heavy atom. The average molecular weight is 290 g/mol. The number of halogens is 2. The van der Waals surface area contributed by atoms with Gasteiger partial charge in [-0.25, -0.2) is 4.39 Å². The zero-order chi connectivity index (χ0) is 14.4. The van der Waals surface area contributed by atoms with E-state index in [1.54, 1.807) is 6.07 Å². The third kappa shape index (κ3) is 3.74. The van der Waals surface area contributed by atoms with Crippen LogP contribution in [0.15, 0.2) is 42.5 Å². The third-order valence-corrected chi connectivity index (χ3v) is 2.90. The van der Waals surface area contributed by atoms with Crippen molar-refractivity contribution in [3.05, 3.63) is 64.4 Å². The molecule has 4 heteroatoms. The lowest BCUT2D eigenvalue weighted by Crippen LogP contribution is -1.98. The number of hydrogen-bond donors (Lipinski definition) is 1. The summed E-state index contributed by atoms with van der Waals surface area (Å²) in [5.74, 6) is 5.90.